The van der Waals surface area contributed by atoms with Crippen molar-refractivity contribution in [1.29, 1.82) is 0 Å². The minimum atomic E-state index is -0.782. The van der Waals surface area contributed by atoms with Crippen LogP contribution in [0.2, 0.25) is 5.02 Å². The zero-order valence-electron chi connectivity index (χ0n) is 19.8. The largest absolute Gasteiger partial charge is 0.353 e. The lowest BCUT2D eigenvalue weighted by atomic mass is 9.93. The van der Waals surface area contributed by atoms with E-state index in [1.807, 2.05) is 20.8 Å². The monoisotopic (exact) mass is 480 g/mol. The van der Waals surface area contributed by atoms with Gasteiger partial charge in [0, 0.05) is 37.2 Å². The number of likely N-dealkylation sites (tertiary alicyclic amines) is 1. The smallest absolute Gasteiger partial charge is 0.270 e. The van der Waals surface area contributed by atoms with Crippen LogP contribution < -0.4 is 10.6 Å². The third kappa shape index (κ3) is 6.90. The van der Waals surface area contributed by atoms with E-state index in [1.165, 1.54) is 12.1 Å². The zero-order chi connectivity index (χ0) is 24.9. The molecule has 1 heterocycles. The van der Waals surface area contributed by atoms with E-state index < -0.39 is 16.9 Å². The maximum absolute atomic E-state index is 13.2. The van der Waals surface area contributed by atoms with E-state index in [4.69, 9.17) is 11.6 Å². The molecule has 9 nitrogen and oxygen atoms in total. The molecular weight excluding hydrogens is 448 g/mol. The number of benzene rings is 1. The second-order valence-electron chi connectivity index (χ2n) is 9.26. The van der Waals surface area contributed by atoms with Crippen LogP contribution in [0.3, 0.4) is 0 Å². The number of hydrogen-bond donors (Lipinski definition) is 2. The molecule has 1 aliphatic rings. The minimum absolute atomic E-state index is 0.0184. The summed E-state index contributed by atoms with van der Waals surface area (Å²) in [5.74, 6) is -0.753. The summed E-state index contributed by atoms with van der Waals surface area (Å²) in [4.78, 5) is 50.4. The number of piperidine rings is 1. The Kier molecular flexibility index (Phi) is 9.22. The molecule has 1 fully saturated rings. The van der Waals surface area contributed by atoms with E-state index in [0.29, 0.717) is 31.8 Å². The Balaban J connectivity index is 2.01. The number of hydrogen-bond acceptors (Lipinski definition) is 5. The Hall–Kier alpha value is -2.68. The van der Waals surface area contributed by atoms with Gasteiger partial charge in [0.1, 0.15) is 6.04 Å². The molecule has 3 amide bonds. The van der Waals surface area contributed by atoms with E-state index in [0.717, 1.165) is 6.07 Å². The minimum Gasteiger partial charge on any atom is -0.353 e. The molecule has 2 rings (SSSR count). The van der Waals surface area contributed by atoms with Crippen LogP contribution in [-0.4, -0.2) is 52.7 Å². The Labute approximate surface area is 199 Å². The van der Waals surface area contributed by atoms with Crippen molar-refractivity contribution >= 4 is 35.0 Å². The summed E-state index contributed by atoms with van der Waals surface area (Å²) in [6.07, 6.45) is 1.13. The molecule has 0 bridgehead atoms. The zero-order valence-corrected chi connectivity index (χ0v) is 20.5. The number of nitrogens with one attached hydrogen (secondary N) is 2. The highest BCUT2D eigenvalue weighted by molar-refractivity contribution is 6.34. The van der Waals surface area contributed by atoms with Crippen LogP contribution in [0.1, 0.15) is 57.8 Å². The fraction of sp³-hybridized carbons (Fsp3) is 0.609. The molecule has 2 unspecified atom stereocenters. The van der Waals surface area contributed by atoms with Gasteiger partial charge in [-0.05, 0) is 37.7 Å². The van der Waals surface area contributed by atoms with E-state index >= 15 is 0 Å². The average Bonchev–Trinajstić information content (AvgIpc) is 2.76. The molecule has 1 aliphatic heterocycles. The predicted molar refractivity (Wildman–Crippen MR) is 126 cm³/mol. The molecule has 0 spiro atoms. The molecule has 1 aromatic rings. The number of carbonyl (C=O) groups excluding carboxylic acids is 3. The van der Waals surface area contributed by atoms with Crippen molar-refractivity contribution in [3.8, 4) is 0 Å². The van der Waals surface area contributed by atoms with Gasteiger partial charge in [-0.2, -0.15) is 0 Å². The molecule has 182 valence electrons. The lowest BCUT2D eigenvalue weighted by molar-refractivity contribution is -0.384. The molecule has 0 aliphatic carbocycles. The summed E-state index contributed by atoms with van der Waals surface area (Å²) >= 11 is 6.06. The predicted octanol–water partition coefficient (Wildman–Crippen LogP) is 3.40. The average molecular weight is 481 g/mol. The first-order valence-corrected chi connectivity index (χ1v) is 11.6. The molecule has 2 N–H and O–H groups in total. The summed E-state index contributed by atoms with van der Waals surface area (Å²) in [6.45, 7) is 10.6. The molecule has 10 heteroatoms. The van der Waals surface area contributed by atoms with Gasteiger partial charge in [-0.1, -0.05) is 39.3 Å². The molecule has 1 aromatic carbocycles. The van der Waals surface area contributed by atoms with Crippen LogP contribution >= 0.6 is 11.6 Å². The summed E-state index contributed by atoms with van der Waals surface area (Å²) in [5.41, 5.74) is -0.155. The van der Waals surface area contributed by atoms with Gasteiger partial charge in [-0.25, -0.2) is 0 Å². The Morgan fingerprint density at radius 2 is 1.67 bits per heavy atom. The molecular formula is C23H33ClN4O5. The van der Waals surface area contributed by atoms with Crippen LogP contribution in [0.25, 0.3) is 0 Å². The number of rotatable bonds is 8. The maximum Gasteiger partial charge on any atom is 0.270 e. The molecule has 2 atom stereocenters. The number of non-ortho nitro benzene ring substituents is 1. The maximum atomic E-state index is 13.2. The highest BCUT2D eigenvalue weighted by atomic mass is 35.5. The third-order valence-corrected chi connectivity index (χ3v) is 6.49. The Morgan fingerprint density at radius 1 is 1.06 bits per heavy atom. The first kappa shape index (κ1) is 26.6. The lowest BCUT2D eigenvalue weighted by Gasteiger charge is -2.35. The van der Waals surface area contributed by atoms with Gasteiger partial charge in [0.2, 0.25) is 11.8 Å². The lowest BCUT2D eigenvalue weighted by Crippen LogP contribution is -2.54. The van der Waals surface area contributed by atoms with Crippen molar-refractivity contribution in [2.24, 2.45) is 17.8 Å². The summed E-state index contributed by atoms with van der Waals surface area (Å²) in [5, 5.41) is 16.6. The fourth-order valence-corrected chi connectivity index (χ4v) is 3.86. The number of carbonyl (C=O) groups is 3. The van der Waals surface area contributed by atoms with Gasteiger partial charge in [-0.3, -0.25) is 24.5 Å². The second kappa shape index (κ2) is 11.4. The highest BCUT2D eigenvalue weighted by Crippen LogP contribution is 2.24. The van der Waals surface area contributed by atoms with Crippen LogP contribution in [0.15, 0.2) is 18.2 Å². The number of nitro groups is 1. The summed E-state index contributed by atoms with van der Waals surface area (Å²) in [7, 11) is 0. The molecule has 0 saturated carbocycles. The van der Waals surface area contributed by atoms with Crippen LogP contribution in [0, 0.1) is 27.9 Å². The first-order chi connectivity index (χ1) is 15.4. The standard InChI is InChI=1S/C23H33ClN4O5/c1-13(2)15(5)25-21(29)16-8-10-27(11-9-16)23(31)20(14(3)4)26-22(30)18-7-6-17(28(32)33)12-19(18)24/h6-7,12-16,20H,8-11H2,1-5H3,(H,25,29)(H,26,30). The van der Waals surface area contributed by atoms with Crippen molar-refractivity contribution in [3.63, 3.8) is 0 Å². The highest BCUT2D eigenvalue weighted by Gasteiger charge is 2.33. The number of halogens is 1. The SMILES string of the molecule is CC(C)C(C)NC(=O)C1CCN(C(=O)C(NC(=O)c2ccc([N+](=O)[O-])cc2Cl)C(C)C)CC1. The second-order valence-corrected chi connectivity index (χ2v) is 9.66. The topological polar surface area (TPSA) is 122 Å². The molecule has 0 aromatic heterocycles. The van der Waals surface area contributed by atoms with Gasteiger partial charge >= 0.3 is 0 Å². The van der Waals surface area contributed by atoms with Gasteiger partial charge < -0.3 is 15.5 Å². The van der Waals surface area contributed by atoms with E-state index in [9.17, 15) is 24.5 Å². The summed E-state index contributed by atoms with van der Waals surface area (Å²) in [6, 6.07) is 2.89. The quantitative estimate of drug-likeness (QED) is 0.436. The van der Waals surface area contributed by atoms with Crippen molar-refractivity contribution in [3.05, 3.63) is 38.9 Å². The number of nitrogens with zero attached hydrogens (tertiary/aromatic N) is 2. The van der Waals surface area contributed by atoms with Gasteiger partial charge in [0.25, 0.3) is 11.6 Å². The van der Waals surface area contributed by atoms with Crippen molar-refractivity contribution in [2.75, 3.05) is 13.1 Å². The normalized spacial score (nSPS) is 16.4. The number of nitro benzene ring substituents is 1. The summed E-state index contributed by atoms with van der Waals surface area (Å²) < 4.78 is 0. The third-order valence-electron chi connectivity index (χ3n) is 6.17. The number of amides is 3. The van der Waals surface area contributed by atoms with Crippen molar-refractivity contribution in [1.82, 2.24) is 15.5 Å². The van der Waals surface area contributed by atoms with E-state index in [-0.39, 0.29) is 46.0 Å². The van der Waals surface area contributed by atoms with E-state index in [1.54, 1.807) is 4.90 Å². The Bertz CT molecular complexity index is 897. The van der Waals surface area contributed by atoms with Gasteiger partial charge in [0.05, 0.1) is 15.5 Å². The molecule has 33 heavy (non-hydrogen) atoms. The molecule has 0 radical (unpaired) electrons. The molecule has 1 saturated heterocycles. The van der Waals surface area contributed by atoms with Crippen molar-refractivity contribution in [2.45, 2.75) is 59.5 Å². The Morgan fingerprint density at radius 3 is 2.15 bits per heavy atom. The fourth-order valence-electron chi connectivity index (χ4n) is 3.60. The van der Waals surface area contributed by atoms with Crippen molar-refractivity contribution < 1.29 is 19.3 Å². The van der Waals surface area contributed by atoms with Gasteiger partial charge in [0.15, 0.2) is 0 Å². The van der Waals surface area contributed by atoms with Crippen LogP contribution in [0.4, 0.5) is 5.69 Å². The van der Waals surface area contributed by atoms with Gasteiger partial charge in [-0.15, -0.1) is 0 Å². The first-order valence-electron chi connectivity index (χ1n) is 11.3. The van der Waals surface area contributed by atoms with Crippen LogP contribution in [0.5, 0.6) is 0 Å². The van der Waals surface area contributed by atoms with Crippen LogP contribution in [-0.2, 0) is 9.59 Å². The van der Waals surface area contributed by atoms with E-state index in [2.05, 4.69) is 24.5 Å².